The molecule has 0 aliphatic carbocycles. The number of halogens is 1. The van der Waals surface area contributed by atoms with Gasteiger partial charge < -0.3 is 0 Å². The third-order valence-corrected chi connectivity index (χ3v) is 3.96. The standard InChI is InChI=1S/C17H17BrN2Si/c1-21(2,3)13-12-14-4-8-16(9-5-14)19-20-17-10-6-15(18)7-11-17/h4-11H,1-3H3. The van der Waals surface area contributed by atoms with Crippen molar-refractivity contribution in [2.75, 3.05) is 0 Å². The van der Waals surface area contributed by atoms with Gasteiger partial charge in [-0.2, -0.15) is 10.2 Å². The molecule has 0 unspecified atom stereocenters. The summed E-state index contributed by atoms with van der Waals surface area (Å²) in [5.41, 5.74) is 6.04. The number of benzene rings is 2. The van der Waals surface area contributed by atoms with E-state index in [1.54, 1.807) is 0 Å². The fourth-order valence-electron chi connectivity index (χ4n) is 1.49. The van der Waals surface area contributed by atoms with E-state index in [0.717, 1.165) is 21.4 Å². The predicted octanol–water partition coefficient (Wildman–Crippen LogP) is 6.09. The SMILES string of the molecule is C[Si](C)(C)C#Cc1ccc(N=Nc2ccc(Br)cc2)cc1. The van der Waals surface area contributed by atoms with Crippen molar-refractivity contribution < 1.29 is 0 Å². The molecule has 0 heterocycles. The van der Waals surface area contributed by atoms with Gasteiger partial charge in [0, 0.05) is 10.0 Å². The van der Waals surface area contributed by atoms with Gasteiger partial charge in [-0.15, -0.1) is 5.54 Å². The lowest BCUT2D eigenvalue weighted by Gasteiger charge is -2.03. The zero-order valence-electron chi connectivity index (χ0n) is 12.4. The van der Waals surface area contributed by atoms with Crippen LogP contribution in [0.3, 0.4) is 0 Å². The lowest BCUT2D eigenvalue weighted by atomic mass is 10.2. The summed E-state index contributed by atoms with van der Waals surface area (Å²) in [7, 11) is -1.32. The van der Waals surface area contributed by atoms with E-state index >= 15 is 0 Å². The Morgan fingerprint density at radius 3 is 1.76 bits per heavy atom. The maximum atomic E-state index is 4.23. The second-order valence-electron chi connectivity index (χ2n) is 5.72. The largest absolute Gasteiger partial charge is 0.151 e. The minimum absolute atomic E-state index is 0.830. The van der Waals surface area contributed by atoms with E-state index in [4.69, 9.17) is 0 Å². The van der Waals surface area contributed by atoms with Gasteiger partial charge in [0.1, 0.15) is 8.07 Å². The number of nitrogens with zero attached hydrogens (tertiary/aromatic N) is 2. The summed E-state index contributed by atoms with van der Waals surface area (Å²) in [4.78, 5) is 0. The van der Waals surface area contributed by atoms with Gasteiger partial charge in [0.25, 0.3) is 0 Å². The van der Waals surface area contributed by atoms with Crippen LogP contribution in [0.4, 0.5) is 11.4 Å². The van der Waals surface area contributed by atoms with Crippen molar-refractivity contribution in [3.63, 3.8) is 0 Å². The molecule has 0 aromatic heterocycles. The molecular formula is C17H17BrN2Si. The van der Waals surface area contributed by atoms with Crippen LogP contribution >= 0.6 is 15.9 Å². The Kier molecular flexibility index (Phi) is 5.11. The Morgan fingerprint density at radius 1 is 0.810 bits per heavy atom. The zero-order chi connectivity index (χ0) is 15.3. The molecule has 2 nitrogen and oxygen atoms in total. The quantitative estimate of drug-likeness (QED) is 0.353. The molecule has 2 rings (SSSR count). The monoisotopic (exact) mass is 356 g/mol. The fraction of sp³-hybridized carbons (Fsp3) is 0.176. The van der Waals surface area contributed by atoms with E-state index in [1.165, 1.54) is 0 Å². The minimum atomic E-state index is -1.32. The molecule has 2 aromatic rings. The highest BCUT2D eigenvalue weighted by atomic mass is 79.9. The Morgan fingerprint density at radius 2 is 1.29 bits per heavy atom. The van der Waals surface area contributed by atoms with Crippen molar-refractivity contribution in [2.24, 2.45) is 10.2 Å². The van der Waals surface area contributed by atoms with Crippen molar-refractivity contribution in [1.29, 1.82) is 0 Å². The van der Waals surface area contributed by atoms with E-state index in [1.807, 2.05) is 48.5 Å². The van der Waals surface area contributed by atoms with Crippen LogP contribution in [0.2, 0.25) is 19.6 Å². The molecule has 0 radical (unpaired) electrons. The Balaban J connectivity index is 2.08. The van der Waals surface area contributed by atoms with E-state index in [-0.39, 0.29) is 0 Å². The normalized spacial score (nSPS) is 11.2. The van der Waals surface area contributed by atoms with Crippen LogP contribution in [0.15, 0.2) is 63.2 Å². The van der Waals surface area contributed by atoms with Gasteiger partial charge in [0.15, 0.2) is 0 Å². The molecule has 0 saturated heterocycles. The van der Waals surface area contributed by atoms with Crippen LogP contribution in [0.25, 0.3) is 0 Å². The van der Waals surface area contributed by atoms with Gasteiger partial charge in [0.2, 0.25) is 0 Å². The van der Waals surface area contributed by atoms with Crippen LogP contribution in [-0.2, 0) is 0 Å². The van der Waals surface area contributed by atoms with E-state index < -0.39 is 8.07 Å². The lowest BCUT2D eigenvalue weighted by molar-refractivity contribution is 1.23. The molecule has 0 aliphatic heterocycles. The first-order chi connectivity index (χ1) is 9.92. The first-order valence-electron chi connectivity index (χ1n) is 6.73. The molecule has 106 valence electrons. The number of rotatable bonds is 2. The third kappa shape index (κ3) is 5.66. The first kappa shape index (κ1) is 15.7. The van der Waals surface area contributed by atoms with Crippen molar-refractivity contribution in [3.05, 3.63) is 58.6 Å². The van der Waals surface area contributed by atoms with Crippen LogP contribution < -0.4 is 0 Å². The van der Waals surface area contributed by atoms with Crippen LogP contribution in [0, 0.1) is 11.5 Å². The maximum absolute atomic E-state index is 4.23. The van der Waals surface area contributed by atoms with Crippen LogP contribution in [0.1, 0.15) is 5.56 Å². The molecule has 0 N–H and O–H groups in total. The average Bonchev–Trinajstić information content (AvgIpc) is 2.45. The Hall–Kier alpha value is -1.70. The predicted molar refractivity (Wildman–Crippen MR) is 95.0 cm³/mol. The highest BCUT2D eigenvalue weighted by molar-refractivity contribution is 9.10. The Bertz CT molecular complexity index is 687. The summed E-state index contributed by atoms with van der Waals surface area (Å²) in [6.07, 6.45) is 0. The first-order valence-corrected chi connectivity index (χ1v) is 11.0. The third-order valence-electron chi connectivity index (χ3n) is 2.56. The average molecular weight is 357 g/mol. The number of hydrogen-bond donors (Lipinski definition) is 0. The van der Waals surface area contributed by atoms with Crippen molar-refractivity contribution in [1.82, 2.24) is 0 Å². The van der Waals surface area contributed by atoms with Crippen LogP contribution in [0.5, 0.6) is 0 Å². The van der Waals surface area contributed by atoms with Crippen molar-refractivity contribution in [3.8, 4) is 11.5 Å². The number of azo groups is 1. The molecule has 0 bridgehead atoms. The minimum Gasteiger partial charge on any atom is -0.151 e. The molecule has 0 saturated carbocycles. The van der Waals surface area contributed by atoms with Gasteiger partial charge in [-0.3, -0.25) is 0 Å². The zero-order valence-corrected chi connectivity index (χ0v) is 15.0. The molecular weight excluding hydrogens is 340 g/mol. The van der Waals surface area contributed by atoms with Gasteiger partial charge >= 0.3 is 0 Å². The topological polar surface area (TPSA) is 24.7 Å². The summed E-state index contributed by atoms with van der Waals surface area (Å²) in [5.74, 6) is 3.23. The second-order valence-corrected chi connectivity index (χ2v) is 11.4. The molecule has 21 heavy (non-hydrogen) atoms. The molecule has 0 aliphatic rings. The smallest absolute Gasteiger partial charge is 0.129 e. The lowest BCUT2D eigenvalue weighted by Crippen LogP contribution is -2.16. The second kappa shape index (κ2) is 6.84. The summed E-state index contributed by atoms with van der Waals surface area (Å²) in [6.45, 7) is 6.71. The molecule has 0 spiro atoms. The molecule has 2 aromatic carbocycles. The van der Waals surface area contributed by atoms with Crippen molar-refractivity contribution in [2.45, 2.75) is 19.6 Å². The molecule has 4 heteroatoms. The highest BCUT2D eigenvalue weighted by Crippen LogP contribution is 2.20. The molecule has 0 amide bonds. The molecule has 0 atom stereocenters. The summed E-state index contributed by atoms with van der Waals surface area (Å²) >= 11 is 3.40. The number of hydrogen-bond acceptors (Lipinski definition) is 2. The summed E-state index contributed by atoms with van der Waals surface area (Å²) < 4.78 is 1.03. The van der Waals surface area contributed by atoms with E-state index in [9.17, 15) is 0 Å². The Labute approximate surface area is 135 Å². The highest BCUT2D eigenvalue weighted by Gasteiger charge is 2.07. The van der Waals surface area contributed by atoms with Gasteiger partial charge in [-0.25, -0.2) is 0 Å². The van der Waals surface area contributed by atoms with Gasteiger partial charge in [0.05, 0.1) is 11.4 Å². The van der Waals surface area contributed by atoms with E-state index in [2.05, 4.69) is 57.3 Å². The maximum Gasteiger partial charge on any atom is 0.129 e. The summed E-state index contributed by atoms with van der Waals surface area (Å²) in [5, 5.41) is 8.43. The van der Waals surface area contributed by atoms with E-state index in [0.29, 0.717) is 0 Å². The van der Waals surface area contributed by atoms with Gasteiger partial charge in [-0.1, -0.05) is 41.5 Å². The fourth-order valence-corrected chi connectivity index (χ4v) is 2.28. The van der Waals surface area contributed by atoms with Crippen LogP contribution in [-0.4, -0.2) is 8.07 Å². The van der Waals surface area contributed by atoms with Gasteiger partial charge in [-0.05, 0) is 48.5 Å². The van der Waals surface area contributed by atoms with Crippen molar-refractivity contribution >= 4 is 35.4 Å². The molecule has 0 fully saturated rings. The summed E-state index contributed by atoms with van der Waals surface area (Å²) in [6, 6.07) is 15.6.